The first-order chi connectivity index (χ1) is 14.7. The third kappa shape index (κ3) is 5.13. The SMILES string of the molecule is CCC[CH2][Sn]([CH2]CCC)([CH2]CCC)[n]1nnnc1-c1ccc2nc(OC)ccc2c1. The van der Waals surface area contributed by atoms with Crippen molar-refractivity contribution >= 4 is 29.6 Å². The molecule has 0 aliphatic rings. The number of nitrogens with zero attached hydrogens (tertiary/aromatic N) is 5. The van der Waals surface area contributed by atoms with E-state index >= 15 is 0 Å². The van der Waals surface area contributed by atoms with Crippen molar-refractivity contribution < 1.29 is 4.74 Å². The van der Waals surface area contributed by atoms with E-state index in [1.165, 1.54) is 51.8 Å². The predicted molar refractivity (Wildman–Crippen MR) is 125 cm³/mol. The fourth-order valence-corrected chi connectivity index (χ4v) is 19.3. The van der Waals surface area contributed by atoms with E-state index < -0.39 is 18.7 Å². The van der Waals surface area contributed by atoms with Crippen LogP contribution in [-0.4, -0.2) is 49.2 Å². The Bertz CT molecular complexity index is 920. The molecule has 2 heterocycles. The summed E-state index contributed by atoms with van der Waals surface area (Å²) in [5, 5.41) is 14.4. The van der Waals surface area contributed by atoms with E-state index in [2.05, 4.69) is 62.4 Å². The number of unbranched alkanes of at least 4 members (excludes halogenated alkanes) is 3. The number of methoxy groups -OCH3 is 1. The summed E-state index contributed by atoms with van der Waals surface area (Å²) in [6.45, 7) is 6.88. The molecule has 2 aromatic heterocycles. The first-order valence-corrected chi connectivity index (χ1v) is 18.7. The molecule has 1 aromatic carbocycles. The zero-order chi connectivity index (χ0) is 21.4. The van der Waals surface area contributed by atoms with Gasteiger partial charge in [0.05, 0.1) is 0 Å². The van der Waals surface area contributed by atoms with Crippen LogP contribution in [0.4, 0.5) is 0 Å². The third-order valence-corrected chi connectivity index (χ3v) is 20.5. The number of fused-ring (bicyclic) bond motifs is 1. The van der Waals surface area contributed by atoms with Gasteiger partial charge in [0.25, 0.3) is 0 Å². The molecule has 0 spiro atoms. The van der Waals surface area contributed by atoms with Crippen LogP contribution in [0.1, 0.15) is 59.3 Å². The number of tetrazole rings is 1. The fourth-order valence-electron chi connectivity index (χ4n) is 4.26. The summed E-state index contributed by atoms with van der Waals surface area (Å²) in [6, 6.07) is 10.3. The molecule has 0 N–H and O–H groups in total. The number of pyridine rings is 1. The van der Waals surface area contributed by atoms with Crippen LogP contribution >= 0.6 is 0 Å². The minimum atomic E-state index is -2.78. The van der Waals surface area contributed by atoms with Crippen molar-refractivity contribution in [1.82, 2.24) is 23.4 Å². The summed E-state index contributed by atoms with van der Waals surface area (Å²) < 4.78 is 11.6. The van der Waals surface area contributed by atoms with Crippen LogP contribution in [0.2, 0.25) is 13.3 Å². The van der Waals surface area contributed by atoms with Gasteiger partial charge >= 0.3 is 185 Å². The van der Waals surface area contributed by atoms with Gasteiger partial charge in [0.1, 0.15) is 0 Å². The molecule has 162 valence electrons. The summed E-state index contributed by atoms with van der Waals surface area (Å²) in [6.07, 6.45) is 7.55. The molecule has 0 bridgehead atoms. The second-order valence-corrected chi connectivity index (χ2v) is 20.7. The van der Waals surface area contributed by atoms with Crippen LogP contribution in [-0.2, 0) is 0 Å². The first kappa shape index (κ1) is 23.0. The van der Waals surface area contributed by atoms with Gasteiger partial charge < -0.3 is 0 Å². The molecule has 7 heteroatoms. The average Bonchev–Trinajstić information content (AvgIpc) is 3.28. The molecule has 0 fully saturated rings. The third-order valence-electron chi connectivity index (χ3n) is 6.04. The van der Waals surface area contributed by atoms with Crippen molar-refractivity contribution in [3.05, 3.63) is 30.3 Å². The van der Waals surface area contributed by atoms with Crippen LogP contribution in [0, 0.1) is 0 Å². The first-order valence-electron chi connectivity index (χ1n) is 11.4. The van der Waals surface area contributed by atoms with Crippen LogP contribution in [0.3, 0.4) is 0 Å². The molecule has 0 radical (unpaired) electrons. The Hall–Kier alpha value is -1.70. The number of benzene rings is 1. The number of hydrogen-bond donors (Lipinski definition) is 0. The zero-order valence-corrected chi connectivity index (χ0v) is 21.7. The molecule has 3 rings (SSSR count). The summed E-state index contributed by atoms with van der Waals surface area (Å²) in [7, 11) is 1.65. The van der Waals surface area contributed by atoms with Gasteiger partial charge in [0.2, 0.25) is 0 Å². The van der Waals surface area contributed by atoms with Crippen molar-refractivity contribution in [3.8, 4) is 17.3 Å². The molecule has 30 heavy (non-hydrogen) atoms. The van der Waals surface area contributed by atoms with Crippen molar-refractivity contribution in [2.24, 2.45) is 0 Å². The van der Waals surface area contributed by atoms with Gasteiger partial charge in [-0.1, -0.05) is 0 Å². The Morgan fingerprint density at radius 2 is 1.57 bits per heavy atom. The van der Waals surface area contributed by atoms with Crippen molar-refractivity contribution in [1.29, 1.82) is 0 Å². The number of aromatic nitrogens is 5. The Kier molecular flexibility index (Phi) is 8.48. The average molecular weight is 516 g/mol. The van der Waals surface area contributed by atoms with Crippen LogP contribution in [0.15, 0.2) is 30.3 Å². The molecule has 0 unspecified atom stereocenters. The summed E-state index contributed by atoms with van der Waals surface area (Å²) in [4.78, 5) is 4.54. The van der Waals surface area contributed by atoms with Crippen molar-refractivity contribution in [2.75, 3.05) is 7.11 Å². The van der Waals surface area contributed by atoms with Crippen LogP contribution < -0.4 is 4.74 Å². The van der Waals surface area contributed by atoms with Gasteiger partial charge in [-0.15, -0.1) is 0 Å². The summed E-state index contributed by atoms with van der Waals surface area (Å²) in [5.74, 6) is 1.58. The maximum atomic E-state index is 5.26. The van der Waals surface area contributed by atoms with Crippen molar-refractivity contribution in [3.63, 3.8) is 0 Å². The topological polar surface area (TPSA) is 65.7 Å². The van der Waals surface area contributed by atoms with E-state index in [0.717, 1.165) is 22.3 Å². The monoisotopic (exact) mass is 517 g/mol. The molecule has 6 nitrogen and oxygen atoms in total. The molecule has 0 aliphatic heterocycles. The van der Waals surface area contributed by atoms with Crippen LogP contribution in [0.5, 0.6) is 5.88 Å². The molecule has 0 atom stereocenters. The van der Waals surface area contributed by atoms with Gasteiger partial charge in [0.15, 0.2) is 0 Å². The Morgan fingerprint density at radius 1 is 0.900 bits per heavy atom. The quantitative estimate of drug-likeness (QED) is 0.273. The van der Waals surface area contributed by atoms with E-state index in [-0.39, 0.29) is 0 Å². The molecule has 3 aromatic rings. The fraction of sp³-hybridized carbons (Fsp3) is 0.565. The number of ether oxygens (including phenoxy) is 1. The van der Waals surface area contributed by atoms with Gasteiger partial charge in [-0.2, -0.15) is 0 Å². The van der Waals surface area contributed by atoms with Crippen molar-refractivity contribution in [2.45, 2.75) is 72.6 Å². The Morgan fingerprint density at radius 3 is 2.17 bits per heavy atom. The van der Waals surface area contributed by atoms with Gasteiger partial charge in [0, 0.05) is 0 Å². The summed E-state index contributed by atoms with van der Waals surface area (Å²) >= 11 is -2.78. The normalized spacial score (nSPS) is 11.9. The Labute approximate surface area is 184 Å². The second kappa shape index (κ2) is 11.1. The van der Waals surface area contributed by atoms with Gasteiger partial charge in [-0.3, -0.25) is 0 Å². The van der Waals surface area contributed by atoms with E-state index in [1.54, 1.807) is 7.11 Å². The van der Waals surface area contributed by atoms with Crippen LogP contribution in [0.25, 0.3) is 22.3 Å². The molecular formula is C23H35N5OSn. The molecular weight excluding hydrogens is 481 g/mol. The Balaban J connectivity index is 2.05. The number of hydrogen-bond acceptors (Lipinski definition) is 5. The predicted octanol–water partition coefficient (Wildman–Crippen LogP) is 6.09. The van der Waals surface area contributed by atoms with E-state index in [9.17, 15) is 0 Å². The minimum absolute atomic E-state index is 0.633. The zero-order valence-electron chi connectivity index (χ0n) is 18.9. The molecule has 0 amide bonds. The van der Waals surface area contributed by atoms with E-state index in [4.69, 9.17) is 4.74 Å². The molecule has 0 aliphatic carbocycles. The summed E-state index contributed by atoms with van der Waals surface area (Å²) in [5.41, 5.74) is 2.01. The standard InChI is InChI=1S/C11H8N5O.3C4H9.Sn/c1-17-10-5-3-7-6-8(2-4-9(7)12-10)11-13-15-16-14-11;3*1-3-4-2;/h2-6H,1H3;3*1,3-4H2,2H3;/q-1;;;;+1. The number of rotatable bonds is 12. The molecule has 0 saturated carbocycles. The van der Waals surface area contributed by atoms with E-state index in [0.29, 0.717) is 5.88 Å². The van der Waals surface area contributed by atoms with Gasteiger partial charge in [-0.25, -0.2) is 0 Å². The van der Waals surface area contributed by atoms with E-state index in [1.807, 2.05) is 12.1 Å². The molecule has 0 saturated heterocycles. The van der Waals surface area contributed by atoms with Gasteiger partial charge in [-0.05, 0) is 0 Å². The second-order valence-electron chi connectivity index (χ2n) is 8.21. The maximum absolute atomic E-state index is 5.26.